The van der Waals surface area contributed by atoms with Crippen LogP contribution >= 0.6 is 0 Å². The van der Waals surface area contributed by atoms with E-state index >= 15 is 0 Å². The van der Waals surface area contributed by atoms with E-state index in [1.807, 2.05) is 4.90 Å². The lowest BCUT2D eigenvalue weighted by Crippen LogP contribution is -2.40. The Morgan fingerprint density at radius 3 is 1.82 bits per heavy atom. The van der Waals surface area contributed by atoms with Gasteiger partial charge in [-0.25, -0.2) is 0 Å². The van der Waals surface area contributed by atoms with Crippen LogP contribution in [0, 0.1) is 0 Å². The van der Waals surface area contributed by atoms with Crippen molar-refractivity contribution in [3.05, 3.63) is 0 Å². The second kappa shape index (κ2) is 10.9. The Bertz CT molecular complexity index is 157. The van der Waals surface area contributed by atoms with E-state index in [1.165, 1.54) is 12.8 Å². The van der Waals surface area contributed by atoms with Crippen LogP contribution in [0.2, 0.25) is 0 Å². The molecular formula is C12H27NO4. The molecule has 0 aliphatic rings. The van der Waals surface area contributed by atoms with Crippen LogP contribution in [0.25, 0.3) is 0 Å². The van der Waals surface area contributed by atoms with E-state index in [9.17, 15) is 10.2 Å². The zero-order valence-corrected chi connectivity index (χ0v) is 10.8. The lowest BCUT2D eigenvalue weighted by Gasteiger charge is -2.26. The van der Waals surface area contributed by atoms with Gasteiger partial charge in [0.2, 0.25) is 0 Å². The van der Waals surface area contributed by atoms with Crippen LogP contribution in [-0.4, -0.2) is 70.4 Å². The Balaban J connectivity index is 3.92. The Morgan fingerprint density at radius 1 is 0.882 bits per heavy atom. The maximum absolute atomic E-state index is 9.38. The van der Waals surface area contributed by atoms with Crippen LogP contribution in [0.3, 0.4) is 0 Å². The highest BCUT2D eigenvalue weighted by molar-refractivity contribution is 4.68. The van der Waals surface area contributed by atoms with Gasteiger partial charge in [0.25, 0.3) is 0 Å². The van der Waals surface area contributed by atoms with Crippen LogP contribution < -0.4 is 0 Å². The summed E-state index contributed by atoms with van der Waals surface area (Å²) in [7, 11) is 0. The fourth-order valence-corrected chi connectivity index (χ4v) is 1.73. The molecule has 5 nitrogen and oxygen atoms in total. The fourth-order valence-electron chi connectivity index (χ4n) is 1.73. The van der Waals surface area contributed by atoms with E-state index in [4.69, 9.17) is 10.2 Å². The number of nitrogens with zero attached hydrogens (tertiary/aromatic N) is 1. The molecule has 0 aromatic rings. The van der Waals surface area contributed by atoms with Gasteiger partial charge in [-0.3, -0.25) is 4.90 Å². The summed E-state index contributed by atoms with van der Waals surface area (Å²) in [6.45, 7) is 3.03. The molecule has 0 aromatic heterocycles. The largest absolute Gasteiger partial charge is 0.394 e. The third-order valence-corrected chi connectivity index (χ3v) is 2.69. The van der Waals surface area contributed by atoms with E-state index in [2.05, 4.69) is 6.92 Å². The van der Waals surface area contributed by atoms with Crippen LogP contribution in [-0.2, 0) is 0 Å². The van der Waals surface area contributed by atoms with E-state index in [0.717, 1.165) is 19.4 Å². The molecule has 0 fully saturated rings. The highest BCUT2D eigenvalue weighted by atomic mass is 16.3. The van der Waals surface area contributed by atoms with Crippen molar-refractivity contribution >= 4 is 0 Å². The highest BCUT2D eigenvalue weighted by Gasteiger charge is 2.14. The van der Waals surface area contributed by atoms with Crippen molar-refractivity contribution in [3.8, 4) is 0 Å². The zero-order valence-electron chi connectivity index (χ0n) is 10.8. The summed E-state index contributed by atoms with van der Waals surface area (Å²) < 4.78 is 0. The van der Waals surface area contributed by atoms with Crippen LogP contribution in [0.1, 0.15) is 32.6 Å². The Morgan fingerprint density at radius 2 is 1.41 bits per heavy atom. The summed E-state index contributed by atoms with van der Waals surface area (Å²) in [5.74, 6) is 0. The average molecular weight is 249 g/mol. The molecule has 0 radical (unpaired) electrons. The number of aliphatic hydroxyl groups is 4. The molecule has 104 valence electrons. The summed E-state index contributed by atoms with van der Waals surface area (Å²) >= 11 is 0. The van der Waals surface area contributed by atoms with Crippen LogP contribution in [0.5, 0.6) is 0 Å². The number of rotatable bonds is 11. The maximum atomic E-state index is 9.38. The molecule has 0 amide bonds. The predicted octanol–water partition coefficient (Wildman–Crippen LogP) is -0.425. The predicted molar refractivity (Wildman–Crippen MR) is 66.8 cm³/mol. The first-order chi connectivity index (χ1) is 8.13. The standard InChI is InChI=1S/C12H27NO4/c1-2-3-4-5-6-13(7-11(16)9-14)8-12(17)10-15/h11-12,14-17H,2-10H2,1H3. The molecule has 2 unspecified atom stereocenters. The minimum atomic E-state index is -0.785. The molecule has 0 heterocycles. The molecule has 0 bridgehead atoms. The molecule has 0 aliphatic carbocycles. The first kappa shape index (κ1) is 16.8. The number of unbranched alkanes of at least 4 members (excludes halogenated alkanes) is 3. The first-order valence-corrected chi connectivity index (χ1v) is 6.44. The van der Waals surface area contributed by atoms with Crippen molar-refractivity contribution in [2.45, 2.75) is 44.8 Å². The number of hydrogen-bond donors (Lipinski definition) is 4. The summed E-state index contributed by atoms with van der Waals surface area (Å²) in [6.07, 6.45) is 2.90. The molecule has 5 heteroatoms. The van der Waals surface area contributed by atoms with Gasteiger partial charge in [0.1, 0.15) is 0 Å². The minimum Gasteiger partial charge on any atom is -0.394 e. The third kappa shape index (κ3) is 9.50. The SMILES string of the molecule is CCCCCCN(CC(O)CO)CC(O)CO. The topological polar surface area (TPSA) is 84.2 Å². The van der Waals surface area contributed by atoms with Crippen molar-refractivity contribution < 1.29 is 20.4 Å². The molecule has 0 aliphatic heterocycles. The van der Waals surface area contributed by atoms with Gasteiger partial charge in [-0.1, -0.05) is 26.2 Å². The molecule has 4 N–H and O–H groups in total. The maximum Gasteiger partial charge on any atom is 0.0897 e. The normalized spacial score (nSPS) is 15.2. The van der Waals surface area contributed by atoms with Gasteiger partial charge >= 0.3 is 0 Å². The zero-order chi connectivity index (χ0) is 13.1. The summed E-state index contributed by atoms with van der Waals surface area (Å²) in [4.78, 5) is 1.89. The smallest absolute Gasteiger partial charge is 0.0897 e. The van der Waals surface area contributed by atoms with Gasteiger partial charge in [0.05, 0.1) is 25.4 Å². The molecular weight excluding hydrogens is 222 g/mol. The van der Waals surface area contributed by atoms with E-state index in [1.54, 1.807) is 0 Å². The quantitative estimate of drug-likeness (QED) is 0.374. The van der Waals surface area contributed by atoms with Crippen molar-refractivity contribution in [2.75, 3.05) is 32.8 Å². The van der Waals surface area contributed by atoms with Crippen LogP contribution in [0.4, 0.5) is 0 Å². The third-order valence-electron chi connectivity index (χ3n) is 2.69. The second-order valence-corrected chi connectivity index (χ2v) is 4.49. The molecule has 0 rings (SSSR count). The monoisotopic (exact) mass is 249 g/mol. The fraction of sp³-hybridized carbons (Fsp3) is 1.00. The van der Waals surface area contributed by atoms with Crippen LogP contribution in [0.15, 0.2) is 0 Å². The lowest BCUT2D eigenvalue weighted by atomic mass is 10.2. The Hall–Kier alpha value is -0.200. The van der Waals surface area contributed by atoms with Gasteiger partial charge in [-0.2, -0.15) is 0 Å². The molecule has 0 saturated carbocycles. The highest BCUT2D eigenvalue weighted by Crippen LogP contribution is 2.03. The number of aliphatic hydroxyl groups excluding tert-OH is 4. The van der Waals surface area contributed by atoms with Crippen molar-refractivity contribution in [1.29, 1.82) is 0 Å². The average Bonchev–Trinajstić information content (AvgIpc) is 2.33. The van der Waals surface area contributed by atoms with Gasteiger partial charge < -0.3 is 20.4 Å². The Kier molecular flexibility index (Phi) is 10.8. The van der Waals surface area contributed by atoms with E-state index in [-0.39, 0.29) is 13.2 Å². The van der Waals surface area contributed by atoms with Crippen molar-refractivity contribution in [3.63, 3.8) is 0 Å². The summed E-state index contributed by atoms with van der Waals surface area (Å²) in [5.41, 5.74) is 0. The lowest BCUT2D eigenvalue weighted by molar-refractivity contribution is 0.0228. The van der Waals surface area contributed by atoms with E-state index in [0.29, 0.717) is 13.1 Å². The van der Waals surface area contributed by atoms with Gasteiger partial charge in [-0.05, 0) is 13.0 Å². The van der Waals surface area contributed by atoms with Gasteiger partial charge in [0, 0.05) is 13.1 Å². The molecule has 0 spiro atoms. The first-order valence-electron chi connectivity index (χ1n) is 6.44. The van der Waals surface area contributed by atoms with Gasteiger partial charge in [-0.15, -0.1) is 0 Å². The summed E-state index contributed by atoms with van der Waals surface area (Å²) in [5, 5.41) is 36.4. The van der Waals surface area contributed by atoms with E-state index < -0.39 is 12.2 Å². The molecule has 2 atom stereocenters. The summed E-state index contributed by atoms with van der Waals surface area (Å²) in [6, 6.07) is 0. The number of hydrogen-bond acceptors (Lipinski definition) is 5. The Labute approximate surface area is 104 Å². The van der Waals surface area contributed by atoms with Gasteiger partial charge in [0.15, 0.2) is 0 Å². The molecule has 0 aromatic carbocycles. The second-order valence-electron chi connectivity index (χ2n) is 4.49. The minimum absolute atomic E-state index is 0.277. The molecule has 17 heavy (non-hydrogen) atoms. The molecule has 0 saturated heterocycles. The van der Waals surface area contributed by atoms with Crippen molar-refractivity contribution in [2.24, 2.45) is 0 Å². The van der Waals surface area contributed by atoms with Crippen molar-refractivity contribution in [1.82, 2.24) is 4.90 Å².